The Morgan fingerprint density at radius 1 is 1.30 bits per heavy atom. The third-order valence-corrected chi connectivity index (χ3v) is 7.06. The molecule has 1 aliphatic rings. The first-order valence-electron chi connectivity index (χ1n) is 11.2. The molecule has 2 N–H and O–H groups in total. The van der Waals surface area contributed by atoms with E-state index in [9.17, 15) is 9.59 Å². The first-order chi connectivity index (χ1) is 14.4. The minimum atomic E-state index is -0.226. The van der Waals surface area contributed by atoms with Gasteiger partial charge in [-0.15, -0.1) is 0 Å². The lowest BCUT2D eigenvalue weighted by Crippen LogP contribution is -2.31. The highest BCUT2D eigenvalue weighted by Gasteiger charge is 2.21. The zero-order chi connectivity index (χ0) is 21.7. The maximum atomic E-state index is 13.1. The lowest BCUT2D eigenvalue weighted by Gasteiger charge is -2.16. The summed E-state index contributed by atoms with van der Waals surface area (Å²) in [7, 11) is 2.12. The van der Waals surface area contributed by atoms with Crippen LogP contribution in [0.2, 0.25) is 0 Å². The Bertz CT molecular complexity index is 936. The molecule has 2 aromatic rings. The van der Waals surface area contributed by atoms with Gasteiger partial charge in [0.1, 0.15) is 15.7 Å². The lowest BCUT2D eigenvalue weighted by atomic mass is 10.0. The standard InChI is InChI=1S/C22H35N5O2S/c1-5-6-12-26(4)13-7-11-23-22(29)25-19-16(3)18-20(30-19)24-17-9-8-15(2)10-14-27(17)21(18)28/h15H,5-14H2,1-4H3,(H2,23,25,29)/t15-/m1/s1. The van der Waals surface area contributed by atoms with E-state index in [1.165, 1.54) is 24.2 Å². The highest BCUT2D eigenvalue weighted by atomic mass is 32.1. The molecule has 2 amide bonds. The van der Waals surface area contributed by atoms with Crippen LogP contribution in [0.15, 0.2) is 4.79 Å². The van der Waals surface area contributed by atoms with Gasteiger partial charge in [0.15, 0.2) is 0 Å². The summed E-state index contributed by atoms with van der Waals surface area (Å²) in [6.07, 6.45) is 6.20. The molecule has 8 heteroatoms. The van der Waals surface area contributed by atoms with Gasteiger partial charge in [-0.2, -0.15) is 0 Å². The van der Waals surface area contributed by atoms with Crippen LogP contribution in [0.1, 0.15) is 57.3 Å². The maximum absolute atomic E-state index is 13.1. The molecule has 7 nitrogen and oxygen atoms in total. The number of carbonyl (C=O) groups is 1. The largest absolute Gasteiger partial charge is 0.338 e. The number of nitrogens with one attached hydrogen (secondary N) is 2. The van der Waals surface area contributed by atoms with E-state index in [-0.39, 0.29) is 11.6 Å². The molecule has 0 radical (unpaired) electrons. The Morgan fingerprint density at radius 3 is 2.83 bits per heavy atom. The average Bonchev–Trinajstić information content (AvgIpc) is 2.89. The van der Waals surface area contributed by atoms with E-state index >= 15 is 0 Å². The fourth-order valence-corrected chi connectivity index (χ4v) is 4.99. The molecule has 0 aromatic carbocycles. The minimum absolute atomic E-state index is 0.0291. The number of aromatic nitrogens is 2. The Labute approximate surface area is 182 Å². The Hall–Kier alpha value is -1.93. The van der Waals surface area contributed by atoms with Gasteiger partial charge in [-0.25, -0.2) is 9.78 Å². The topological polar surface area (TPSA) is 79.3 Å². The summed E-state index contributed by atoms with van der Waals surface area (Å²) >= 11 is 1.40. The highest BCUT2D eigenvalue weighted by Crippen LogP contribution is 2.32. The maximum Gasteiger partial charge on any atom is 0.319 e. The third kappa shape index (κ3) is 5.40. The first-order valence-corrected chi connectivity index (χ1v) is 12.0. The van der Waals surface area contributed by atoms with Crippen molar-refractivity contribution in [1.82, 2.24) is 19.8 Å². The Morgan fingerprint density at radius 2 is 2.07 bits per heavy atom. The van der Waals surface area contributed by atoms with Gasteiger partial charge >= 0.3 is 6.03 Å². The number of urea groups is 1. The van der Waals surface area contributed by atoms with Crippen molar-refractivity contribution < 1.29 is 4.79 Å². The summed E-state index contributed by atoms with van der Waals surface area (Å²) in [6.45, 7) is 9.73. The number of nitrogens with zero attached hydrogens (tertiary/aromatic N) is 3. The molecule has 0 spiro atoms. The van der Waals surface area contributed by atoms with Crippen molar-refractivity contribution in [2.75, 3.05) is 32.0 Å². The average molecular weight is 434 g/mol. The van der Waals surface area contributed by atoms with Gasteiger partial charge in [0, 0.05) is 19.5 Å². The second-order valence-corrected chi connectivity index (χ2v) is 9.54. The second kappa shape index (κ2) is 10.4. The van der Waals surface area contributed by atoms with Crippen LogP contribution in [-0.4, -0.2) is 47.2 Å². The zero-order valence-electron chi connectivity index (χ0n) is 18.7. The number of unbranched alkanes of at least 4 members (excludes halogenated alkanes) is 1. The first kappa shape index (κ1) is 22.7. The number of fused-ring (bicyclic) bond motifs is 2. The van der Waals surface area contributed by atoms with Crippen molar-refractivity contribution in [3.63, 3.8) is 0 Å². The number of carbonyl (C=O) groups excluding carboxylic acids is 1. The zero-order valence-corrected chi connectivity index (χ0v) is 19.5. The fourth-order valence-electron chi connectivity index (χ4n) is 3.91. The van der Waals surface area contributed by atoms with Gasteiger partial charge in [-0.1, -0.05) is 31.6 Å². The van der Waals surface area contributed by atoms with Crippen LogP contribution in [-0.2, 0) is 13.0 Å². The molecule has 0 unspecified atom stereocenters. The van der Waals surface area contributed by atoms with Crippen LogP contribution in [0.5, 0.6) is 0 Å². The van der Waals surface area contributed by atoms with E-state index in [1.54, 1.807) is 0 Å². The van der Waals surface area contributed by atoms with E-state index < -0.39 is 0 Å². The van der Waals surface area contributed by atoms with E-state index in [0.717, 1.165) is 61.5 Å². The van der Waals surface area contributed by atoms with Gasteiger partial charge in [-0.3, -0.25) is 14.7 Å². The molecule has 0 saturated carbocycles. The molecular weight excluding hydrogens is 398 g/mol. The number of anilines is 1. The van der Waals surface area contributed by atoms with Gasteiger partial charge in [0.2, 0.25) is 0 Å². The smallest absolute Gasteiger partial charge is 0.319 e. The van der Waals surface area contributed by atoms with E-state index in [2.05, 4.69) is 36.4 Å². The molecule has 166 valence electrons. The predicted molar refractivity (Wildman–Crippen MR) is 125 cm³/mol. The number of hydrogen-bond acceptors (Lipinski definition) is 5. The van der Waals surface area contributed by atoms with E-state index in [0.29, 0.717) is 22.8 Å². The van der Waals surface area contributed by atoms with Crippen LogP contribution in [0, 0.1) is 12.8 Å². The van der Waals surface area contributed by atoms with Crippen molar-refractivity contribution in [3.8, 4) is 0 Å². The van der Waals surface area contributed by atoms with Crippen molar-refractivity contribution >= 4 is 32.6 Å². The number of amides is 2. The molecule has 0 bridgehead atoms. The van der Waals surface area contributed by atoms with E-state index in [4.69, 9.17) is 4.98 Å². The summed E-state index contributed by atoms with van der Waals surface area (Å²) < 4.78 is 1.84. The van der Waals surface area contributed by atoms with Gasteiger partial charge in [0.25, 0.3) is 5.56 Å². The van der Waals surface area contributed by atoms with Crippen LogP contribution in [0.25, 0.3) is 10.2 Å². The van der Waals surface area contributed by atoms with Crippen molar-refractivity contribution in [2.45, 2.75) is 65.8 Å². The van der Waals surface area contributed by atoms with Gasteiger partial charge in [0.05, 0.1) is 5.39 Å². The number of aryl methyl sites for hydroxylation is 2. The van der Waals surface area contributed by atoms with Crippen LogP contribution >= 0.6 is 11.3 Å². The van der Waals surface area contributed by atoms with Crippen LogP contribution in [0.3, 0.4) is 0 Å². The normalized spacial score (nSPS) is 16.5. The molecular formula is C22H35N5O2S. The summed E-state index contributed by atoms with van der Waals surface area (Å²) in [5.74, 6) is 1.49. The Balaban J connectivity index is 1.63. The highest BCUT2D eigenvalue weighted by molar-refractivity contribution is 7.22. The molecule has 0 aliphatic carbocycles. The fraction of sp³-hybridized carbons (Fsp3) is 0.682. The lowest BCUT2D eigenvalue weighted by molar-refractivity contribution is 0.251. The quantitative estimate of drug-likeness (QED) is 0.617. The molecule has 2 aromatic heterocycles. The molecule has 0 saturated heterocycles. The number of thiophene rings is 1. The third-order valence-electron chi connectivity index (χ3n) is 5.96. The summed E-state index contributed by atoms with van der Waals surface area (Å²) in [6, 6.07) is -0.226. The van der Waals surface area contributed by atoms with Crippen LogP contribution in [0.4, 0.5) is 9.80 Å². The van der Waals surface area contributed by atoms with Gasteiger partial charge in [-0.05, 0) is 64.2 Å². The predicted octanol–water partition coefficient (Wildman–Crippen LogP) is 3.98. The summed E-state index contributed by atoms with van der Waals surface area (Å²) in [5.41, 5.74) is 0.843. The van der Waals surface area contributed by atoms with Crippen molar-refractivity contribution in [1.29, 1.82) is 0 Å². The SMILES string of the molecule is CCCCN(C)CCCNC(=O)Nc1sc2nc3n(c(=O)c2c1C)CC[C@H](C)CC3. The Kier molecular flexibility index (Phi) is 7.88. The number of hydrogen-bond donors (Lipinski definition) is 2. The van der Waals surface area contributed by atoms with Gasteiger partial charge < -0.3 is 10.2 Å². The molecule has 3 rings (SSSR count). The minimum Gasteiger partial charge on any atom is -0.338 e. The van der Waals surface area contributed by atoms with Crippen LogP contribution < -0.4 is 16.2 Å². The molecule has 1 atom stereocenters. The second-order valence-electron chi connectivity index (χ2n) is 8.54. The molecule has 1 aliphatic heterocycles. The van der Waals surface area contributed by atoms with E-state index in [1.807, 2.05) is 11.5 Å². The molecule has 30 heavy (non-hydrogen) atoms. The summed E-state index contributed by atoms with van der Waals surface area (Å²) in [5, 5.41) is 7.20. The summed E-state index contributed by atoms with van der Waals surface area (Å²) in [4.78, 5) is 33.3. The molecule has 3 heterocycles. The monoisotopic (exact) mass is 433 g/mol. The van der Waals surface area contributed by atoms with Crippen molar-refractivity contribution in [2.24, 2.45) is 5.92 Å². The molecule has 0 fully saturated rings. The number of rotatable bonds is 8. The van der Waals surface area contributed by atoms with Crippen molar-refractivity contribution in [3.05, 3.63) is 21.7 Å².